The summed E-state index contributed by atoms with van der Waals surface area (Å²) in [6.45, 7) is 7.42. The van der Waals surface area contributed by atoms with Gasteiger partial charge in [-0.3, -0.25) is 4.90 Å². The first-order valence-corrected chi connectivity index (χ1v) is 11.0. The van der Waals surface area contributed by atoms with Crippen molar-refractivity contribution < 1.29 is 14.6 Å². The molecule has 1 saturated heterocycles. The number of benzene rings is 3. The molecule has 2 atom stereocenters. The first-order chi connectivity index (χ1) is 15.1. The van der Waals surface area contributed by atoms with E-state index in [0.717, 1.165) is 35.5 Å². The lowest BCUT2D eigenvalue weighted by molar-refractivity contribution is -0.141. The summed E-state index contributed by atoms with van der Waals surface area (Å²) >= 11 is 0. The Morgan fingerprint density at radius 1 is 0.968 bits per heavy atom. The fourth-order valence-electron chi connectivity index (χ4n) is 4.33. The second-order valence-electron chi connectivity index (χ2n) is 8.20. The molecule has 1 aliphatic heterocycles. The molecule has 1 fully saturated rings. The zero-order chi connectivity index (χ0) is 21.7. The van der Waals surface area contributed by atoms with E-state index in [0.29, 0.717) is 19.8 Å². The highest BCUT2D eigenvalue weighted by molar-refractivity contribution is 5.74. The predicted molar refractivity (Wildman–Crippen MR) is 124 cm³/mol. The molecule has 0 bridgehead atoms. The van der Waals surface area contributed by atoms with Gasteiger partial charge in [0.05, 0.1) is 13.2 Å². The zero-order valence-corrected chi connectivity index (χ0v) is 18.3. The summed E-state index contributed by atoms with van der Waals surface area (Å²) in [5.74, 6) is 0.823. The summed E-state index contributed by atoms with van der Waals surface area (Å²) in [5.41, 5.74) is 2.94. The standard InChI is InChI=1S/C27H31NO3/c1-3-30-25-16-10-8-14-23(25)22-13-7-9-15-24(22)27(2,29)26-20-28(17-18-31-26)19-21-11-5-4-6-12-21/h4-16,26,29H,3,17-20H2,1-2H3. The number of morpholine rings is 1. The van der Waals surface area contributed by atoms with E-state index in [1.165, 1.54) is 5.56 Å². The Hall–Kier alpha value is -2.66. The van der Waals surface area contributed by atoms with Crippen LogP contribution >= 0.6 is 0 Å². The second-order valence-corrected chi connectivity index (χ2v) is 8.20. The Kier molecular flexibility index (Phi) is 6.71. The number of para-hydroxylation sites is 1. The Morgan fingerprint density at radius 3 is 2.42 bits per heavy atom. The van der Waals surface area contributed by atoms with Crippen LogP contribution in [-0.2, 0) is 16.9 Å². The van der Waals surface area contributed by atoms with Crippen molar-refractivity contribution >= 4 is 0 Å². The van der Waals surface area contributed by atoms with E-state index in [9.17, 15) is 5.11 Å². The van der Waals surface area contributed by atoms with Gasteiger partial charge in [-0.1, -0.05) is 72.8 Å². The third kappa shape index (κ3) is 4.82. The van der Waals surface area contributed by atoms with Crippen LogP contribution in [0.3, 0.4) is 0 Å². The molecule has 4 nitrogen and oxygen atoms in total. The van der Waals surface area contributed by atoms with Crippen molar-refractivity contribution in [2.75, 3.05) is 26.3 Å². The van der Waals surface area contributed by atoms with Gasteiger partial charge in [-0.25, -0.2) is 0 Å². The number of ether oxygens (including phenoxy) is 2. The molecule has 0 saturated carbocycles. The second kappa shape index (κ2) is 9.65. The highest BCUT2D eigenvalue weighted by Gasteiger charge is 2.39. The van der Waals surface area contributed by atoms with E-state index in [1.807, 2.05) is 68.4 Å². The van der Waals surface area contributed by atoms with Gasteiger partial charge < -0.3 is 14.6 Å². The Labute approximate surface area is 185 Å². The quantitative estimate of drug-likeness (QED) is 0.596. The summed E-state index contributed by atoms with van der Waals surface area (Å²) < 4.78 is 12.0. The van der Waals surface area contributed by atoms with Crippen LogP contribution in [0.2, 0.25) is 0 Å². The molecule has 0 spiro atoms. The van der Waals surface area contributed by atoms with Crippen LogP contribution in [-0.4, -0.2) is 42.4 Å². The van der Waals surface area contributed by atoms with Crippen molar-refractivity contribution in [2.45, 2.75) is 32.1 Å². The molecule has 3 aromatic carbocycles. The first-order valence-electron chi connectivity index (χ1n) is 11.0. The maximum absolute atomic E-state index is 11.8. The molecule has 0 aromatic heterocycles. The average molecular weight is 418 g/mol. The number of hydrogen-bond donors (Lipinski definition) is 1. The number of hydrogen-bond acceptors (Lipinski definition) is 4. The number of nitrogens with zero attached hydrogens (tertiary/aromatic N) is 1. The van der Waals surface area contributed by atoms with Crippen molar-refractivity contribution in [3.8, 4) is 16.9 Å². The van der Waals surface area contributed by atoms with E-state index in [1.54, 1.807) is 0 Å². The lowest BCUT2D eigenvalue weighted by Crippen LogP contribution is -2.51. The first kappa shape index (κ1) is 21.6. The highest BCUT2D eigenvalue weighted by atomic mass is 16.5. The largest absolute Gasteiger partial charge is 0.493 e. The highest BCUT2D eigenvalue weighted by Crippen LogP contribution is 2.39. The predicted octanol–water partition coefficient (Wildman–Crippen LogP) is 4.86. The van der Waals surface area contributed by atoms with Crippen LogP contribution in [0.4, 0.5) is 0 Å². The molecule has 1 heterocycles. The van der Waals surface area contributed by atoms with E-state index in [2.05, 4.69) is 29.2 Å². The van der Waals surface area contributed by atoms with Crippen LogP contribution < -0.4 is 4.74 Å². The summed E-state index contributed by atoms with van der Waals surface area (Å²) in [7, 11) is 0. The molecule has 0 amide bonds. The van der Waals surface area contributed by atoms with Crippen molar-refractivity contribution in [3.63, 3.8) is 0 Å². The minimum atomic E-state index is -1.15. The monoisotopic (exact) mass is 417 g/mol. The third-order valence-electron chi connectivity index (χ3n) is 5.98. The maximum Gasteiger partial charge on any atom is 0.127 e. The molecule has 2 unspecified atom stereocenters. The Bertz CT molecular complexity index is 987. The van der Waals surface area contributed by atoms with Crippen molar-refractivity contribution in [1.82, 2.24) is 4.90 Å². The van der Waals surface area contributed by atoms with Gasteiger partial charge in [0.1, 0.15) is 17.5 Å². The molecule has 0 radical (unpaired) electrons. The zero-order valence-electron chi connectivity index (χ0n) is 18.3. The summed E-state index contributed by atoms with van der Waals surface area (Å²) in [4.78, 5) is 2.36. The molecule has 162 valence electrons. The van der Waals surface area contributed by atoms with Gasteiger partial charge in [-0.15, -0.1) is 0 Å². The van der Waals surface area contributed by atoms with Crippen LogP contribution in [0.5, 0.6) is 5.75 Å². The minimum Gasteiger partial charge on any atom is -0.493 e. The van der Waals surface area contributed by atoms with Gasteiger partial charge in [-0.2, -0.15) is 0 Å². The number of aliphatic hydroxyl groups is 1. The van der Waals surface area contributed by atoms with Gasteiger partial charge in [0.25, 0.3) is 0 Å². The van der Waals surface area contributed by atoms with E-state index < -0.39 is 5.60 Å². The maximum atomic E-state index is 11.8. The van der Waals surface area contributed by atoms with Crippen LogP contribution in [0.1, 0.15) is 25.0 Å². The van der Waals surface area contributed by atoms with Crippen LogP contribution in [0, 0.1) is 0 Å². The lowest BCUT2D eigenvalue weighted by atomic mass is 9.83. The van der Waals surface area contributed by atoms with Gasteiger partial charge in [0.2, 0.25) is 0 Å². The third-order valence-corrected chi connectivity index (χ3v) is 5.98. The molecule has 3 aromatic rings. The molecule has 1 N–H and O–H groups in total. The molecule has 4 rings (SSSR count). The smallest absolute Gasteiger partial charge is 0.127 e. The average Bonchev–Trinajstić information content (AvgIpc) is 2.81. The topological polar surface area (TPSA) is 41.9 Å². The molecule has 1 aliphatic rings. The fourth-order valence-corrected chi connectivity index (χ4v) is 4.33. The summed E-state index contributed by atoms with van der Waals surface area (Å²) in [5, 5.41) is 11.8. The molecular formula is C27H31NO3. The van der Waals surface area contributed by atoms with Gasteiger partial charge in [-0.05, 0) is 36.6 Å². The molecule has 31 heavy (non-hydrogen) atoms. The molecule has 4 heteroatoms. The van der Waals surface area contributed by atoms with Crippen molar-refractivity contribution in [1.29, 1.82) is 0 Å². The van der Waals surface area contributed by atoms with Gasteiger partial charge >= 0.3 is 0 Å². The van der Waals surface area contributed by atoms with Gasteiger partial charge in [0.15, 0.2) is 0 Å². The summed E-state index contributed by atoms with van der Waals surface area (Å²) in [6.07, 6.45) is -0.328. The van der Waals surface area contributed by atoms with Gasteiger partial charge in [0, 0.05) is 25.2 Å². The molecular weight excluding hydrogens is 386 g/mol. The summed E-state index contributed by atoms with van der Waals surface area (Å²) in [6, 6.07) is 26.5. The normalized spacial score (nSPS) is 19.0. The fraction of sp³-hybridized carbons (Fsp3) is 0.333. The number of rotatable bonds is 7. The minimum absolute atomic E-state index is 0.328. The Morgan fingerprint density at radius 2 is 1.65 bits per heavy atom. The van der Waals surface area contributed by atoms with Crippen LogP contribution in [0.25, 0.3) is 11.1 Å². The molecule has 0 aliphatic carbocycles. The SMILES string of the molecule is CCOc1ccccc1-c1ccccc1C(C)(O)C1CN(Cc2ccccc2)CCO1. The van der Waals surface area contributed by atoms with Crippen molar-refractivity contribution in [2.24, 2.45) is 0 Å². The Balaban J connectivity index is 1.62. The lowest BCUT2D eigenvalue weighted by Gasteiger charge is -2.41. The van der Waals surface area contributed by atoms with E-state index in [4.69, 9.17) is 9.47 Å². The van der Waals surface area contributed by atoms with E-state index in [-0.39, 0.29) is 6.10 Å². The van der Waals surface area contributed by atoms with Crippen molar-refractivity contribution in [3.05, 3.63) is 90.0 Å². The van der Waals surface area contributed by atoms with Crippen LogP contribution in [0.15, 0.2) is 78.9 Å². The van der Waals surface area contributed by atoms with E-state index >= 15 is 0 Å².